The van der Waals surface area contributed by atoms with Crippen LogP contribution in [0.4, 0.5) is 0 Å². The van der Waals surface area contributed by atoms with E-state index in [0.717, 1.165) is 29.8 Å². The van der Waals surface area contributed by atoms with Gasteiger partial charge in [-0.15, -0.1) is 10.2 Å². The number of sulfonamides is 1. The lowest BCUT2D eigenvalue weighted by atomic mass is 9.98. The molecule has 3 aromatic rings. The first-order chi connectivity index (χ1) is 13.5. The number of hydrogen-bond acceptors (Lipinski definition) is 6. The van der Waals surface area contributed by atoms with Crippen molar-refractivity contribution in [2.75, 3.05) is 13.1 Å². The molecule has 0 N–H and O–H groups in total. The van der Waals surface area contributed by atoms with Crippen molar-refractivity contribution in [3.63, 3.8) is 0 Å². The highest BCUT2D eigenvalue weighted by Crippen LogP contribution is 2.40. The van der Waals surface area contributed by atoms with Gasteiger partial charge in [0.05, 0.1) is 5.52 Å². The van der Waals surface area contributed by atoms with Crippen LogP contribution in [0.2, 0.25) is 0 Å². The van der Waals surface area contributed by atoms with Gasteiger partial charge in [0.25, 0.3) is 0 Å². The SMILES string of the molecule is Cc1ccc2cccc(S(=O)(=O)N3CCC(c4nnc(C5CC5)o4)CC3)c2n1. The number of benzene rings is 1. The molecule has 1 aromatic carbocycles. The lowest BCUT2D eigenvalue weighted by Crippen LogP contribution is -2.38. The number of rotatable bonds is 4. The molecule has 1 aliphatic carbocycles. The van der Waals surface area contributed by atoms with E-state index in [1.165, 1.54) is 0 Å². The summed E-state index contributed by atoms with van der Waals surface area (Å²) in [7, 11) is -3.61. The number of nitrogens with zero attached hydrogens (tertiary/aromatic N) is 4. The van der Waals surface area contributed by atoms with Gasteiger partial charge < -0.3 is 4.42 Å². The number of fused-ring (bicyclic) bond motifs is 1. The Hall–Kier alpha value is -2.32. The van der Waals surface area contributed by atoms with Crippen molar-refractivity contribution in [2.45, 2.75) is 49.3 Å². The standard InChI is InChI=1S/C20H22N4O3S/c1-13-5-6-14-3-2-4-17(18(14)21-13)28(25,26)24-11-9-16(10-12-24)20-23-22-19(27-20)15-7-8-15/h2-6,15-16H,7-12H2,1H3. The van der Waals surface area contributed by atoms with Crippen LogP contribution in [0.3, 0.4) is 0 Å². The minimum atomic E-state index is -3.61. The maximum Gasteiger partial charge on any atom is 0.245 e. The molecule has 0 radical (unpaired) electrons. The molecule has 1 aliphatic heterocycles. The molecule has 0 atom stereocenters. The summed E-state index contributed by atoms with van der Waals surface area (Å²) < 4.78 is 34.0. The topological polar surface area (TPSA) is 89.2 Å². The maximum absolute atomic E-state index is 13.3. The van der Waals surface area contributed by atoms with Gasteiger partial charge in [0.1, 0.15) is 4.90 Å². The molecule has 2 aliphatic rings. The van der Waals surface area contributed by atoms with Crippen LogP contribution in [0.1, 0.15) is 55.0 Å². The molecule has 0 amide bonds. The van der Waals surface area contributed by atoms with Crippen LogP contribution in [0, 0.1) is 6.92 Å². The third-order valence-electron chi connectivity index (χ3n) is 5.63. The molecule has 8 heteroatoms. The second kappa shape index (κ2) is 6.63. The summed E-state index contributed by atoms with van der Waals surface area (Å²) in [4.78, 5) is 4.76. The number of hydrogen-bond donors (Lipinski definition) is 0. The fourth-order valence-electron chi connectivity index (χ4n) is 3.81. The van der Waals surface area contributed by atoms with Gasteiger partial charge in [-0.3, -0.25) is 4.98 Å². The Morgan fingerprint density at radius 1 is 0.964 bits per heavy atom. The highest BCUT2D eigenvalue weighted by atomic mass is 32.2. The molecule has 0 spiro atoms. The Kier molecular flexibility index (Phi) is 4.21. The first-order valence-corrected chi connectivity index (χ1v) is 11.2. The Bertz CT molecular complexity index is 1130. The first kappa shape index (κ1) is 17.8. The van der Waals surface area contributed by atoms with Crippen LogP contribution in [0.15, 0.2) is 39.6 Å². The van der Waals surface area contributed by atoms with E-state index in [0.29, 0.717) is 43.3 Å². The predicted molar refractivity (Wildman–Crippen MR) is 103 cm³/mol. The zero-order valence-corrected chi connectivity index (χ0v) is 16.5. The minimum Gasteiger partial charge on any atom is -0.425 e. The van der Waals surface area contributed by atoms with Gasteiger partial charge in [0.2, 0.25) is 21.8 Å². The lowest BCUT2D eigenvalue weighted by Gasteiger charge is -2.29. The zero-order chi connectivity index (χ0) is 19.3. The summed E-state index contributed by atoms with van der Waals surface area (Å²) in [5, 5.41) is 9.19. The maximum atomic E-state index is 13.3. The molecule has 0 bridgehead atoms. The van der Waals surface area contributed by atoms with Crippen LogP contribution < -0.4 is 0 Å². The van der Waals surface area contributed by atoms with Gasteiger partial charge in [-0.2, -0.15) is 4.31 Å². The highest BCUT2D eigenvalue weighted by Gasteiger charge is 2.35. The van der Waals surface area contributed by atoms with Crippen molar-refractivity contribution in [2.24, 2.45) is 0 Å². The van der Waals surface area contributed by atoms with Crippen molar-refractivity contribution in [3.8, 4) is 0 Å². The average molecular weight is 398 g/mol. The monoisotopic (exact) mass is 398 g/mol. The van der Waals surface area contributed by atoms with E-state index in [1.54, 1.807) is 16.4 Å². The molecule has 1 saturated heterocycles. The van der Waals surface area contributed by atoms with Crippen molar-refractivity contribution in [1.29, 1.82) is 0 Å². The van der Waals surface area contributed by atoms with Gasteiger partial charge in [0.15, 0.2) is 0 Å². The number of pyridine rings is 1. The van der Waals surface area contributed by atoms with Crippen LogP contribution in [0.5, 0.6) is 0 Å². The van der Waals surface area contributed by atoms with E-state index in [2.05, 4.69) is 15.2 Å². The van der Waals surface area contributed by atoms with Crippen molar-refractivity contribution < 1.29 is 12.8 Å². The Balaban J connectivity index is 1.37. The molecule has 0 unspecified atom stereocenters. The zero-order valence-electron chi connectivity index (χ0n) is 15.7. The summed E-state index contributed by atoms with van der Waals surface area (Å²) >= 11 is 0. The normalized spacial score (nSPS) is 19.3. The van der Waals surface area contributed by atoms with E-state index >= 15 is 0 Å². The summed E-state index contributed by atoms with van der Waals surface area (Å²) in [5.41, 5.74) is 1.34. The van der Waals surface area contributed by atoms with Crippen LogP contribution >= 0.6 is 0 Å². The second-order valence-corrected chi connectivity index (χ2v) is 9.62. The fraction of sp³-hybridized carbons (Fsp3) is 0.450. The van der Waals surface area contributed by atoms with Crippen LogP contribution in [-0.4, -0.2) is 41.0 Å². The molecule has 2 fully saturated rings. The average Bonchev–Trinajstić information content (AvgIpc) is 3.44. The number of piperidine rings is 1. The second-order valence-electron chi connectivity index (χ2n) is 7.71. The summed E-state index contributed by atoms with van der Waals surface area (Å²) in [6.45, 7) is 2.75. The molecule has 7 nitrogen and oxygen atoms in total. The molecular weight excluding hydrogens is 376 g/mol. The highest BCUT2D eigenvalue weighted by molar-refractivity contribution is 7.89. The third-order valence-corrected chi connectivity index (χ3v) is 7.56. The number of aryl methyl sites for hydroxylation is 1. The van der Waals surface area contributed by atoms with E-state index < -0.39 is 10.0 Å². The molecule has 28 heavy (non-hydrogen) atoms. The van der Waals surface area contributed by atoms with Gasteiger partial charge >= 0.3 is 0 Å². The third kappa shape index (κ3) is 3.10. The fourth-order valence-corrected chi connectivity index (χ4v) is 5.44. The Morgan fingerprint density at radius 3 is 2.32 bits per heavy atom. The van der Waals surface area contributed by atoms with Crippen molar-refractivity contribution in [3.05, 3.63) is 47.8 Å². The van der Waals surface area contributed by atoms with Crippen LogP contribution in [-0.2, 0) is 10.0 Å². The predicted octanol–water partition coefficient (Wildman–Crippen LogP) is 3.37. The van der Waals surface area contributed by atoms with Crippen molar-refractivity contribution in [1.82, 2.24) is 19.5 Å². The quantitative estimate of drug-likeness (QED) is 0.669. The summed E-state index contributed by atoms with van der Waals surface area (Å²) in [5.74, 6) is 1.95. The first-order valence-electron chi connectivity index (χ1n) is 9.72. The van der Waals surface area contributed by atoms with E-state index in [9.17, 15) is 8.42 Å². The minimum absolute atomic E-state index is 0.124. The van der Waals surface area contributed by atoms with Crippen molar-refractivity contribution >= 4 is 20.9 Å². The molecular formula is C20H22N4O3S. The van der Waals surface area contributed by atoms with Crippen LogP contribution in [0.25, 0.3) is 10.9 Å². The van der Waals surface area contributed by atoms with Gasteiger partial charge in [-0.05, 0) is 44.7 Å². The van der Waals surface area contributed by atoms with Gasteiger partial charge in [-0.1, -0.05) is 18.2 Å². The number of aromatic nitrogens is 3. The number of para-hydroxylation sites is 1. The Labute approximate surface area is 163 Å². The largest absolute Gasteiger partial charge is 0.425 e. The Morgan fingerprint density at radius 2 is 1.64 bits per heavy atom. The molecule has 3 heterocycles. The van der Waals surface area contributed by atoms with Gasteiger partial charge in [-0.25, -0.2) is 8.42 Å². The smallest absolute Gasteiger partial charge is 0.245 e. The molecule has 5 rings (SSSR count). The molecule has 1 saturated carbocycles. The summed E-state index contributed by atoms with van der Waals surface area (Å²) in [6, 6.07) is 9.12. The molecule has 2 aromatic heterocycles. The lowest BCUT2D eigenvalue weighted by molar-refractivity contribution is 0.286. The van der Waals surface area contributed by atoms with Gasteiger partial charge in [0, 0.05) is 36.0 Å². The van der Waals surface area contributed by atoms with E-state index in [-0.39, 0.29) is 10.8 Å². The van der Waals surface area contributed by atoms with E-state index in [4.69, 9.17) is 4.42 Å². The molecule has 146 valence electrons. The summed E-state index contributed by atoms with van der Waals surface area (Å²) in [6.07, 6.45) is 3.61. The van der Waals surface area contributed by atoms with E-state index in [1.807, 2.05) is 25.1 Å².